The number of hydrogen-bond acceptors (Lipinski definition) is 4. The molecule has 4 N–H and O–H groups in total. The van der Waals surface area contributed by atoms with Crippen LogP contribution in [-0.4, -0.2) is 39.7 Å². The Labute approximate surface area is 116 Å². The van der Waals surface area contributed by atoms with Crippen molar-refractivity contribution < 1.29 is 14.2 Å². The van der Waals surface area contributed by atoms with Gasteiger partial charge in [0.1, 0.15) is 5.41 Å². The lowest BCUT2D eigenvalue weighted by atomic mass is 9.72. The van der Waals surface area contributed by atoms with Gasteiger partial charge in [-0.05, 0) is 19.3 Å². The second kappa shape index (κ2) is 7.47. The lowest BCUT2D eigenvalue weighted by molar-refractivity contribution is -0.129. The summed E-state index contributed by atoms with van der Waals surface area (Å²) in [7, 11) is -0.846. The number of amidine groups is 1. The van der Waals surface area contributed by atoms with Crippen LogP contribution in [0.2, 0.25) is 0 Å². The molecule has 1 amide bonds. The van der Waals surface area contributed by atoms with Crippen LogP contribution in [0.3, 0.4) is 0 Å². The summed E-state index contributed by atoms with van der Waals surface area (Å²) in [5.41, 5.74) is 4.86. The Morgan fingerprint density at radius 1 is 1.42 bits per heavy atom. The maximum atomic E-state index is 12.3. The molecule has 0 radical (unpaired) electrons. The highest BCUT2D eigenvalue weighted by molar-refractivity contribution is 7.84. The molecule has 1 aliphatic carbocycles. The van der Waals surface area contributed by atoms with Crippen molar-refractivity contribution in [3.05, 3.63) is 0 Å². The number of carbonyl (C=O) groups is 1. The van der Waals surface area contributed by atoms with E-state index in [0.29, 0.717) is 31.6 Å². The van der Waals surface area contributed by atoms with Crippen LogP contribution in [0, 0.1) is 5.41 Å². The van der Waals surface area contributed by atoms with E-state index in [1.807, 2.05) is 0 Å². The number of oxime groups is 1. The fraction of sp³-hybridized carbons (Fsp3) is 0.833. The molecule has 1 atom stereocenters. The van der Waals surface area contributed by atoms with Crippen LogP contribution in [0.5, 0.6) is 0 Å². The number of nitrogens with zero attached hydrogens (tertiary/aromatic N) is 1. The third-order valence-electron chi connectivity index (χ3n) is 3.63. The second-order valence-electron chi connectivity index (χ2n) is 5.01. The van der Waals surface area contributed by atoms with Crippen molar-refractivity contribution in [2.75, 3.05) is 18.6 Å². The Morgan fingerprint density at radius 3 is 2.58 bits per heavy atom. The fourth-order valence-corrected chi connectivity index (χ4v) is 3.05. The molecule has 1 aliphatic rings. The lowest BCUT2D eigenvalue weighted by Gasteiger charge is -2.34. The zero-order valence-electron chi connectivity index (χ0n) is 11.4. The van der Waals surface area contributed by atoms with E-state index >= 15 is 0 Å². The van der Waals surface area contributed by atoms with Crippen LogP contribution in [0.1, 0.15) is 38.5 Å². The van der Waals surface area contributed by atoms with Gasteiger partial charge in [0.05, 0.1) is 0 Å². The van der Waals surface area contributed by atoms with Crippen LogP contribution in [0.15, 0.2) is 5.16 Å². The van der Waals surface area contributed by atoms with E-state index in [1.165, 1.54) is 0 Å². The van der Waals surface area contributed by atoms with Crippen LogP contribution in [-0.2, 0) is 15.6 Å². The molecule has 0 bridgehead atoms. The molecular weight excluding hydrogens is 266 g/mol. The van der Waals surface area contributed by atoms with Gasteiger partial charge in [-0.25, -0.2) is 0 Å². The van der Waals surface area contributed by atoms with Gasteiger partial charge in [-0.3, -0.25) is 9.00 Å². The summed E-state index contributed by atoms with van der Waals surface area (Å²) < 4.78 is 10.9. The third kappa shape index (κ3) is 4.19. The predicted molar refractivity (Wildman–Crippen MR) is 75.5 cm³/mol. The van der Waals surface area contributed by atoms with Gasteiger partial charge in [0.2, 0.25) is 5.91 Å². The van der Waals surface area contributed by atoms with Gasteiger partial charge in [0, 0.05) is 29.4 Å². The summed E-state index contributed by atoms with van der Waals surface area (Å²) in [5, 5.41) is 14.8. The van der Waals surface area contributed by atoms with Crippen LogP contribution in [0.4, 0.5) is 0 Å². The molecule has 19 heavy (non-hydrogen) atoms. The van der Waals surface area contributed by atoms with Crippen LogP contribution < -0.4 is 11.1 Å². The summed E-state index contributed by atoms with van der Waals surface area (Å²) in [6.07, 6.45) is 6.43. The zero-order chi connectivity index (χ0) is 14.3. The minimum atomic E-state index is -0.863. The van der Waals surface area contributed by atoms with Gasteiger partial charge in [-0.15, -0.1) is 0 Å². The molecular formula is C12H23N3O3S. The van der Waals surface area contributed by atoms with Gasteiger partial charge in [-0.1, -0.05) is 24.4 Å². The van der Waals surface area contributed by atoms with Crippen molar-refractivity contribution in [1.29, 1.82) is 0 Å². The predicted octanol–water partition coefficient (Wildman–Crippen LogP) is 0.568. The Kier molecular flexibility index (Phi) is 6.27. The number of nitrogens with two attached hydrogens (primary N) is 1. The van der Waals surface area contributed by atoms with E-state index in [1.54, 1.807) is 6.26 Å². The van der Waals surface area contributed by atoms with Crippen molar-refractivity contribution in [2.45, 2.75) is 38.5 Å². The lowest BCUT2D eigenvalue weighted by Crippen LogP contribution is -2.51. The first-order valence-corrected chi connectivity index (χ1v) is 8.32. The number of nitrogens with one attached hydrogen (secondary N) is 1. The van der Waals surface area contributed by atoms with Gasteiger partial charge in [0.25, 0.3) is 0 Å². The maximum Gasteiger partial charge on any atom is 0.233 e. The Hall–Kier alpha value is -1.11. The molecule has 1 rings (SSSR count). The molecule has 0 aromatic rings. The third-order valence-corrected chi connectivity index (χ3v) is 4.50. The molecule has 0 heterocycles. The number of amides is 1. The van der Waals surface area contributed by atoms with E-state index in [-0.39, 0.29) is 11.7 Å². The smallest absolute Gasteiger partial charge is 0.233 e. The average molecular weight is 289 g/mol. The molecule has 1 saturated carbocycles. The number of rotatable bonds is 6. The first-order valence-electron chi connectivity index (χ1n) is 6.59. The highest BCUT2D eigenvalue weighted by Gasteiger charge is 2.43. The topological polar surface area (TPSA) is 105 Å². The first-order chi connectivity index (χ1) is 9.03. The molecule has 0 aromatic heterocycles. The number of carbonyl (C=O) groups excluding carboxylic acids is 1. The first kappa shape index (κ1) is 15.9. The quantitative estimate of drug-likeness (QED) is 0.218. The van der Waals surface area contributed by atoms with Crippen molar-refractivity contribution in [1.82, 2.24) is 5.32 Å². The van der Waals surface area contributed by atoms with Crippen molar-refractivity contribution in [3.63, 3.8) is 0 Å². The standard InChI is InChI=1S/C12H23N3O3S/c1-19(18)9-5-8-14-11(16)12(10(13)15-17)6-3-2-4-7-12/h17H,2-9H2,1H3,(H2,13,15)(H,14,16). The molecule has 1 unspecified atom stereocenters. The monoisotopic (exact) mass is 289 g/mol. The Morgan fingerprint density at radius 2 is 2.05 bits per heavy atom. The summed E-state index contributed by atoms with van der Waals surface area (Å²) in [5.74, 6) is 0.393. The maximum absolute atomic E-state index is 12.3. The Balaban J connectivity index is 2.60. The average Bonchev–Trinajstić information content (AvgIpc) is 2.42. The molecule has 7 heteroatoms. The minimum absolute atomic E-state index is 0.00349. The van der Waals surface area contributed by atoms with E-state index in [0.717, 1.165) is 19.3 Å². The molecule has 0 saturated heterocycles. The highest BCUT2D eigenvalue weighted by Crippen LogP contribution is 2.36. The normalized spacial score (nSPS) is 20.8. The van der Waals surface area contributed by atoms with E-state index < -0.39 is 16.2 Å². The van der Waals surface area contributed by atoms with Crippen molar-refractivity contribution in [3.8, 4) is 0 Å². The molecule has 0 aliphatic heterocycles. The van der Waals surface area contributed by atoms with Gasteiger partial charge in [-0.2, -0.15) is 0 Å². The molecule has 6 nitrogen and oxygen atoms in total. The van der Waals surface area contributed by atoms with Gasteiger partial charge < -0.3 is 16.3 Å². The van der Waals surface area contributed by atoms with Crippen LogP contribution in [0.25, 0.3) is 0 Å². The van der Waals surface area contributed by atoms with Gasteiger partial charge in [0.15, 0.2) is 5.84 Å². The second-order valence-corrected chi connectivity index (χ2v) is 6.57. The van der Waals surface area contributed by atoms with E-state index in [4.69, 9.17) is 10.9 Å². The summed E-state index contributed by atoms with van der Waals surface area (Å²) in [4.78, 5) is 12.3. The summed E-state index contributed by atoms with van der Waals surface area (Å²) >= 11 is 0. The Bertz CT molecular complexity index is 365. The van der Waals surface area contributed by atoms with Gasteiger partial charge >= 0.3 is 0 Å². The van der Waals surface area contributed by atoms with Crippen LogP contribution >= 0.6 is 0 Å². The summed E-state index contributed by atoms with van der Waals surface area (Å²) in [6.45, 7) is 0.471. The largest absolute Gasteiger partial charge is 0.409 e. The molecule has 0 aromatic carbocycles. The number of hydrogen-bond donors (Lipinski definition) is 3. The zero-order valence-corrected chi connectivity index (χ0v) is 12.2. The van der Waals surface area contributed by atoms with E-state index in [2.05, 4.69) is 10.5 Å². The van der Waals surface area contributed by atoms with Crippen molar-refractivity contribution in [2.24, 2.45) is 16.3 Å². The minimum Gasteiger partial charge on any atom is -0.409 e. The van der Waals surface area contributed by atoms with E-state index in [9.17, 15) is 9.00 Å². The molecule has 110 valence electrons. The van der Waals surface area contributed by atoms with Crippen molar-refractivity contribution >= 4 is 22.5 Å². The SMILES string of the molecule is CS(=O)CCCNC(=O)C1(C(N)=NO)CCCCC1. The summed E-state index contributed by atoms with van der Waals surface area (Å²) in [6, 6.07) is 0. The highest BCUT2D eigenvalue weighted by atomic mass is 32.2. The molecule has 1 fully saturated rings. The molecule has 0 spiro atoms. The fourth-order valence-electron chi connectivity index (χ4n) is 2.50.